The van der Waals surface area contributed by atoms with Gasteiger partial charge in [-0.2, -0.15) is 0 Å². The van der Waals surface area contributed by atoms with Crippen LogP contribution in [0.4, 0.5) is 0 Å². The van der Waals surface area contributed by atoms with Crippen LogP contribution in [0, 0.1) is 0 Å². The van der Waals surface area contributed by atoms with E-state index in [9.17, 15) is 0 Å². The summed E-state index contributed by atoms with van der Waals surface area (Å²) >= 11 is 0. The lowest BCUT2D eigenvalue weighted by molar-refractivity contribution is 0.670. The molecular weight excluding hydrogens is 621 g/mol. The zero-order valence-electron chi connectivity index (χ0n) is 27.6. The quantitative estimate of drug-likeness (QED) is 0.186. The number of fused-ring (bicyclic) bond motifs is 10. The first-order chi connectivity index (χ1) is 25.3. The minimum absolute atomic E-state index is 0.913. The molecule has 0 atom stereocenters. The maximum absolute atomic E-state index is 6.42. The Labute approximate surface area is 293 Å². The summed E-state index contributed by atoms with van der Waals surface area (Å²) in [5, 5.41) is 7.25. The Morgan fingerprint density at radius 2 is 1.00 bits per heavy atom. The van der Waals surface area contributed by atoms with Crippen molar-refractivity contribution in [2.24, 2.45) is 0 Å². The zero-order chi connectivity index (χ0) is 33.5. The van der Waals surface area contributed by atoms with Crippen LogP contribution >= 0.6 is 0 Å². The van der Waals surface area contributed by atoms with Crippen LogP contribution in [0.15, 0.2) is 186 Å². The van der Waals surface area contributed by atoms with Crippen molar-refractivity contribution in [3.63, 3.8) is 0 Å². The van der Waals surface area contributed by atoms with Gasteiger partial charge in [-0.15, -0.1) is 0 Å². The van der Waals surface area contributed by atoms with E-state index in [2.05, 4.69) is 179 Å². The molecule has 0 unspecified atom stereocenters. The monoisotopic (exact) mass is 650 g/mol. The number of para-hydroxylation sites is 4. The van der Waals surface area contributed by atoms with Gasteiger partial charge in [-0.3, -0.25) is 0 Å². The van der Waals surface area contributed by atoms with Crippen molar-refractivity contribution in [3.05, 3.63) is 182 Å². The van der Waals surface area contributed by atoms with Crippen LogP contribution in [0.1, 0.15) is 0 Å². The molecule has 0 saturated heterocycles. The average molecular weight is 651 g/mol. The highest BCUT2D eigenvalue weighted by atomic mass is 16.3. The zero-order valence-corrected chi connectivity index (χ0v) is 27.6. The highest BCUT2D eigenvalue weighted by Gasteiger charge is 2.21. The van der Waals surface area contributed by atoms with Gasteiger partial charge in [-0.25, -0.2) is 0 Å². The fraction of sp³-hybridized carbons (Fsp3) is 0. The Morgan fingerprint density at radius 3 is 1.84 bits per heavy atom. The Morgan fingerprint density at radius 1 is 0.353 bits per heavy atom. The second-order valence-corrected chi connectivity index (χ2v) is 13.3. The third-order valence-corrected chi connectivity index (χ3v) is 10.5. The van der Waals surface area contributed by atoms with E-state index in [1.165, 1.54) is 54.7 Å². The van der Waals surface area contributed by atoms with E-state index in [1.54, 1.807) is 0 Å². The minimum Gasteiger partial charge on any atom is -0.455 e. The Bertz CT molecular complexity index is 3110. The molecule has 0 saturated carbocycles. The first kappa shape index (κ1) is 28.0. The van der Waals surface area contributed by atoms with Crippen LogP contribution in [0.3, 0.4) is 0 Å². The van der Waals surface area contributed by atoms with E-state index in [0.717, 1.165) is 44.4 Å². The van der Waals surface area contributed by atoms with Gasteiger partial charge in [0.1, 0.15) is 11.2 Å². The van der Waals surface area contributed by atoms with Crippen molar-refractivity contribution in [1.82, 2.24) is 9.13 Å². The summed E-state index contributed by atoms with van der Waals surface area (Å²) < 4.78 is 11.3. The highest BCUT2D eigenvalue weighted by Crippen LogP contribution is 2.43. The van der Waals surface area contributed by atoms with E-state index < -0.39 is 0 Å². The first-order valence-electron chi connectivity index (χ1n) is 17.4. The molecular formula is C48H30N2O. The van der Waals surface area contributed by atoms with E-state index in [1.807, 2.05) is 12.1 Å². The van der Waals surface area contributed by atoms with Gasteiger partial charge in [-0.1, -0.05) is 127 Å². The molecule has 0 spiro atoms. The van der Waals surface area contributed by atoms with Crippen molar-refractivity contribution in [2.75, 3.05) is 0 Å². The van der Waals surface area contributed by atoms with Crippen LogP contribution in [0.25, 0.3) is 99.2 Å². The summed E-state index contributed by atoms with van der Waals surface area (Å²) in [5.41, 5.74) is 13.5. The van der Waals surface area contributed by atoms with Gasteiger partial charge in [0, 0.05) is 49.3 Å². The molecule has 0 aliphatic carbocycles. The Balaban J connectivity index is 1.20. The first-order valence-corrected chi connectivity index (χ1v) is 17.4. The molecule has 3 heterocycles. The summed E-state index contributed by atoms with van der Waals surface area (Å²) in [7, 11) is 0. The lowest BCUT2D eigenvalue weighted by Crippen LogP contribution is -1.95. The molecule has 0 N–H and O–H groups in total. The standard InChI is InChI=1S/C48H30N2O/c1-3-12-31(13-4-1)33-24-28-43-41(30-33)46-44(49(43)34-14-5-2-6-15-34)29-27-39-37-16-7-9-20-42(37)50(47(39)46)35-25-22-32(23-26-35)36-18-11-19-40-38-17-8-10-21-45(38)51-48(36)40/h1-30H. The number of hydrogen-bond donors (Lipinski definition) is 0. The average Bonchev–Trinajstić information content (AvgIpc) is 3.86. The molecule has 3 heteroatoms. The van der Waals surface area contributed by atoms with E-state index >= 15 is 0 Å². The summed E-state index contributed by atoms with van der Waals surface area (Å²) in [6, 6.07) is 65.4. The molecule has 3 aromatic heterocycles. The molecule has 11 rings (SSSR count). The van der Waals surface area contributed by atoms with Crippen molar-refractivity contribution in [1.29, 1.82) is 0 Å². The van der Waals surface area contributed by atoms with E-state index in [4.69, 9.17) is 4.42 Å². The third kappa shape index (κ3) is 4.12. The second kappa shape index (κ2) is 10.8. The van der Waals surface area contributed by atoms with Crippen molar-refractivity contribution in [3.8, 4) is 33.6 Å². The summed E-state index contributed by atoms with van der Waals surface area (Å²) in [5.74, 6) is 0. The molecule has 0 bridgehead atoms. The van der Waals surface area contributed by atoms with Crippen molar-refractivity contribution >= 4 is 65.6 Å². The van der Waals surface area contributed by atoms with Gasteiger partial charge in [-0.05, 0) is 71.3 Å². The Hall–Kier alpha value is -6.84. The minimum atomic E-state index is 0.913. The number of rotatable bonds is 4. The largest absolute Gasteiger partial charge is 0.455 e. The normalized spacial score (nSPS) is 11.9. The topological polar surface area (TPSA) is 23.0 Å². The maximum atomic E-state index is 6.42. The molecule has 0 radical (unpaired) electrons. The molecule has 0 aliphatic heterocycles. The predicted octanol–water partition coefficient (Wildman–Crippen LogP) is 13.1. The van der Waals surface area contributed by atoms with Gasteiger partial charge in [0.2, 0.25) is 0 Å². The molecule has 238 valence electrons. The number of benzene rings is 8. The number of furan rings is 1. The smallest absolute Gasteiger partial charge is 0.143 e. The van der Waals surface area contributed by atoms with Crippen LogP contribution < -0.4 is 0 Å². The number of nitrogens with zero attached hydrogens (tertiary/aromatic N) is 2. The van der Waals surface area contributed by atoms with Crippen molar-refractivity contribution in [2.45, 2.75) is 0 Å². The Kier molecular flexibility index (Phi) is 5.96. The second-order valence-electron chi connectivity index (χ2n) is 13.3. The van der Waals surface area contributed by atoms with E-state index in [-0.39, 0.29) is 0 Å². The van der Waals surface area contributed by atoms with E-state index in [0.29, 0.717) is 0 Å². The molecule has 8 aromatic carbocycles. The molecule has 0 amide bonds. The lowest BCUT2D eigenvalue weighted by atomic mass is 10.0. The van der Waals surface area contributed by atoms with Crippen LogP contribution in [-0.4, -0.2) is 9.13 Å². The number of aromatic nitrogens is 2. The van der Waals surface area contributed by atoms with Crippen LogP contribution in [-0.2, 0) is 0 Å². The fourth-order valence-corrected chi connectivity index (χ4v) is 8.26. The molecule has 0 aliphatic rings. The van der Waals surface area contributed by atoms with Crippen molar-refractivity contribution < 1.29 is 4.42 Å². The molecule has 51 heavy (non-hydrogen) atoms. The predicted molar refractivity (Wildman–Crippen MR) is 213 cm³/mol. The molecule has 3 nitrogen and oxygen atoms in total. The van der Waals surface area contributed by atoms with Crippen LogP contribution in [0.2, 0.25) is 0 Å². The lowest BCUT2D eigenvalue weighted by Gasteiger charge is -2.11. The van der Waals surface area contributed by atoms with Gasteiger partial charge >= 0.3 is 0 Å². The van der Waals surface area contributed by atoms with Gasteiger partial charge in [0.15, 0.2) is 0 Å². The molecule has 11 aromatic rings. The SMILES string of the molecule is c1ccc(-c2ccc3c(c2)c2c(ccc4c5ccccc5n(-c5ccc(-c6cccc7c6oc6ccccc67)cc5)c42)n3-c2ccccc2)cc1. The fourth-order valence-electron chi connectivity index (χ4n) is 8.26. The maximum Gasteiger partial charge on any atom is 0.143 e. The summed E-state index contributed by atoms with van der Waals surface area (Å²) in [6.07, 6.45) is 0. The van der Waals surface area contributed by atoms with Gasteiger partial charge < -0.3 is 13.6 Å². The summed E-state index contributed by atoms with van der Waals surface area (Å²) in [6.45, 7) is 0. The molecule has 0 fully saturated rings. The third-order valence-electron chi connectivity index (χ3n) is 10.5. The van der Waals surface area contributed by atoms with Crippen LogP contribution in [0.5, 0.6) is 0 Å². The van der Waals surface area contributed by atoms with Gasteiger partial charge in [0.25, 0.3) is 0 Å². The van der Waals surface area contributed by atoms with Gasteiger partial charge in [0.05, 0.1) is 22.1 Å². The summed E-state index contributed by atoms with van der Waals surface area (Å²) in [4.78, 5) is 0. The highest BCUT2D eigenvalue weighted by molar-refractivity contribution is 6.26. The number of hydrogen-bond acceptors (Lipinski definition) is 1.